The summed E-state index contributed by atoms with van der Waals surface area (Å²) < 4.78 is 16.5. The molecule has 1 rings (SSSR count). The molecule has 2 unspecified atom stereocenters. The van der Waals surface area contributed by atoms with Crippen LogP contribution in [0.1, 0.15) is 70.7 Å². The van der Waals surface area contributed by atoms with Crippen LogP contribution in [0.2, 0.25) is 0 Å². The highest BCUT2D eigenvalue weighted by Crippen LogP contribution is 2.27. The maximum Gasteiger partial charge on any atom is 0.341 e. The molecular weight excluding hydrogens is 346 g/mol. The van der Waals surface area contributed by atoms with E-state index in [1.807, 2.05) is 27.7 Å². The first-order valence-electron chi connectivity index (χ1n) is 9.65. The number of amides is 1. The summed E-state index contributed by atoms with van der Waals surface area (Å²) in [5.74, 6) is -0.306. The zero-order valence-electron chi connectivity index (χ0n) is 17.4. The van der Waals surface area contributed by atoms with Gasteiger partial charge in [0, 0.05) is 12.3 Å². The van der Waals surface area contributed by atoms with Gasteiger partial charge in [0.15, 0.2) is 0 Å². The first-order valence-corrected chi connectivity index (χ1v) is 9.65. The molecule has 27 heavy (non-hydrogen) atoms. The van der Waals surface area contributed by atoms with E-state index >= 15 is 0 Å². The number of carbonyl (C=O) groups excluding carboxylic acids is 2. The Bertz CT molecular complexity index is 631. The summed E-state index contributed by atoms with van der Waals surface area (Å²) in [6.45, 7) is 10.3. The second-order valence-corrected chi connectivity index (χ2v) is 6.82. The van der Waals surface area contributed by atoms with Crippen molar-refractivity contribution in [1.29, 1.82) is 0 Å². The summed E-state index contributed by atoms with van der Waals surface area (Å²) in [6.07, 6.45) is 3.04. The van der Waals surface area contributed by atoms with Gasteiger partial charge in [-0.25, -0.2) is 4.79 Å². The number of nitrogens with one attached hydrogen (secondary N) is 1. The molecule has 6 heteroatoms. The number of ether oxygens (including phenoxy) is 3. The normalized spacial score (nSPS) is 14.1. The second-order valence-electron chi connectivity index (χ2n) is 6.82. The van der Waals surface area contributed by atoms with E-state index in [-0.39, 0.29) is 17.6 Å². The van der Waals surface area contributed by atoms with E-state index in [4.69, 9.17) is 14.2 Å². The number of methoxy groups -OCH3 is 1. The zero-order chi connectivity index (χ0) is 20.4. The molecule has 0 aliphatic rings. The minimum absolute atomic E-state index is 0.0378. The highest BCUT2D eigenvalue weighted by Gasteiger charge is 2.33. The molecule has 0 aromatic heterocycles. The third-order valence-electron chi connectivity index (χ3n) is 4.38. The molecule has 2 atom stereocenters. The standard InChI is InChI=1S/C21H33NO5/c1-7-12-21(5,26-13-8-2)20(24)22-16-10-11-18(27-15(4)9-3)17(14-16)19(23)25-6/h10-11,14-15H,7-9,12-13H2,1-6H3,(H,22,24). The Morgan fingerprint density at radius 3 is 2.44 bits per heavy atom. The fourth-order valence-electron chi connectivity index (χ4n) is 2.60. The fourth-order valence-corrected chi connectivity index (χ4v) is 2.60. The molecule has 0 aliphatic heterocycles. The van der Waals surface area contributed by atoms with Crippen molar-refractivity contribution < 1.29 is 23.8 Å². The number of esters is 1. The average molecular weight is 379 g/mol. The van der Waals surface area contributed by atoms with Gasteiger partial charge in [0.2, 0.25) is 0 Å². The van der Waals surface area contributed by atoms with Crippen LogP contribution in [-0.2, 0) is 14.3 Å². The largest absolute Gasteiger partial charge is 0.490 e. The van der Waals surface area contributed by atoms with Gasteiger partial charge < -0.3 is 19.5 Å². The number of benzene rings is 1. The fraction of sp³-hybridized carbons (Fsp3) is 0.619. The van der Waals surface area contributed by atoms with Crippen molar-refractivity contribution >= 4 is 17.6 Å². The molecule has 0 fully saturated rings. The third-order valence-corrected chi connectivity index (χ3v) is 4.38. The number of anilines is 1. The van der Waals surface area contributed by atoms with Gasteiger partial charge in [0.25, 0.3) is 5.91 Å². The van der Waals surface area contributed by atoms with Gasteiger partial charge in [-0.3, -0.25) is 4.79 Å². The molecular formula is C21H33NO5. The van der Waals surface area contributed by atoms with Crippen LogP contribution in [0.15, 0.2) is 18.2 Å². The van der Waals surface area contributed by atoms with Crippen molar-refractivity contribution in [3.05, 3.63) is 23.8 Å². The second kappa shape index (κ2) is 10.9. The van der Waals surface area contributed by atoms with Crippen molar-refractivity contribution in [2.45, 2.75) is 72.0 Å². The Morgan fingerprint density at radius 1 is 1.19 bits per heavy atom. The summed E-state index contributed by atoms with van der Waals surface area (Å²) in [6, 6.07) is 4.97. The van der Waals surface area contributed by atoms with Crippen LogP contribution < -0.4 is 10.1 Å². The number of hydrogen-bond acceptors (Lipinski definition) is 5. The van der Waals surface area contributed by atoms with Gasteiger partial charge >= 0.3 is 5.97 Å². The van der Waals surface area contributed by atoms with E-state index in [1.165, 1.54) is 7.11 Å². The van der Waals surface area contributed by atoms with Gasteiger partial charge in [-0.05, 0) is 51.3 Å². The van der Waals surface area contributed by atoms with Crippen LogP contribution in [0, 0.1) is 0 Å². The predicted molar refractivity (Wildman–Crippen MR) is 106 cm³/mol. The van der Waals surface area contributed by atoms with Gasteiger partial charge in [-0.15, -0.1) is 0 Å². The van der Waals surface area contributed by atoms with E-state index in [1.54, 1.807) is 25.1 Å². The summed E-state index contributed by atoms with van der Waals surface area (Å²) >= 11 is 0. The summed E-state index contributed by atoms with van der Waals surface area (Å²) in [4.78, 5) is 24.9. The molecule has 1 N–H and O–H groups in total. The monoisotopic (exact) mass is 379 g/mol. The number of rotatable bonds is 11. The lowest BCUT2D eigenvalue weighted by Gasteiger charge is -2.28. The van der Waals surface area contributed by atoms with Crippen molar-refractivity contribution in [1.82, 2.24) is 0 Å². The molecule has 6 nitrogen and oxygen atoms in total. The molecule has 0 bridgehead atoms. The zero-order valence-corrected chi connectivity index (χ0v) is 17.4. The summed E-state index contributed by atoms with van der Waals surface area (Å²) in [5.41, 5.74) is -0.135. The third kappa shape index (κ3) is 6.54. The first-order chi connectivity index (χ1) is 12.8. The number of hydrogen-bond donors (Lipinski definition) is 1. The van der Waals surface area contributed by atoms with Crippen LogP contribution in [0.5, 0.6) is 5.75 Å². The Labute approximate surface area is 162 Å². The van der Waals surface area contributed by atoms with Crippen molar-refractivity contribution in [3.63, 3.8) is 0 Å². The molecule has 1 amide bonds. The van der Waals surface area contributed by atoms with Crippen molar-refractivity contribution in [2.75, 3.05) is 19.0 Å². The molecule has 0 heterocycles. The molecule has 152 valence electrons. The van der Waals surface area contributed by atoms with E-state index in [9.17, 15) is 9.59 Å². The Morgan fingerprint density at radius 2 is 1.89 bits per heavy atom. The van der Waals surface area contributed by atoms with Gasteiger partial charge in [0.1, 0.15) is 16.9 Å². The minimum atomic E-state index is -0.915. The minimum Gasteiger partial charge on any atom is -0.490 e. The predicted octanol–water partition coefficient (Wildman–Crippen LogP) is 4.57. The molecule has 1 aromatic carbocycles. The molecule has 0 saturated heterocycles. The Kier molecular flexibility index (Phi) is 9.29. The van der Waals surface area contributed by atoms with Crippen molar-refractivity contribution in [2.24, 2.45) is 0 Å². The lowest BCUT2D eigenvalue weighted by atomic mass is 9.98. The maximum atomic E-state index is 12.8. The van der Waals surface area contributed by atoms with E-state index < -0.39 is 11.6 Å². The highest BCUT2D eigenvalue weighted by molar-refractivity contribution is 5.99. The van der Waals surface area contributed by atoms with Crippen LogP contribution in [0.25, 0.3) is 0 Å². The number of carbonyl (C=O) groups is 2. The molecule has 0 radical (unpaired) electrons. The van der Waals surface area contributed by atoms with Gasteiger partial charge in [-0.1, -0.05) is 27.2 Å². The van der Waals surface area contributed by atoms with Crippen LogP contribution in [-0.4, -0.2) is 37.3 Å². The lowest BCUT2D eigenvalue weighted by Crippen LogP contribution is -2.43. The SMILES string of the molecule is CCCOC(C)(CCC)C(=O)Nc1ccc(OC(C)CC)c(C(=O)OC)c1. The Balaban J connectivity index is 3.08. The quantitative estimate of drug-likeness (QED) is 0.570. The first kappa shape index (κ1) is 23.0. The topological polar surface area (TPSA) is 73.9 Å². The molecule has 0 saturated carbocycles. The van der Waals surface area contributed by atoms with Gasteiger partial charge in [0.05, 0.1) is 13.2 Å². The van der Waals surface area contributed by atoms with Crippen LogP contribution >= 0.6 is 0 Å². The maximum absolute atomic E-state index is 12.8. The Hall–Kier alpha value is -2.08. The smallest absolute Gasteiger partial charge is 0.341 e. The van der Waals surface area contributed by atoms with Crippen LogP contribution in [0.4, 0.5) is 5.69 Å². The van der Waals surface area contributed by atoms with E-state index in [0.717, 1.165) is 19.3 Å². The highest BCUT2D eigenvalue weighted by atomic mass is 16.5. The van der Waals surface area contributed by atoms with E-state index in [2.05, 4.69) is 5.32 Å². The molecule has 1 aromatic rings. The summed E-state index contributed by atoms with van der Waals surface area (Å²) in [5, 5.41) is 2.86. The van der Waals surface area contributed by atoms with Crippen molar-refractivity contribution in [3.8, 4) is 5.75 Å². The van der Waals surface area contributed by atoms with Crippen LogP contribution in [0.3, 0.4) is 0 Å². The van der Waals surface area contributed by atoms with E-state index in [0.29, 0.717) is 24.5 Å². The van der Waals surface area contributed by atoms with Gasteiger partial charge in [-0.2, -0.15) is 0 Å². The summed E-state index contributed by atoms with van der Waals surface area (Å²) in [7, 11) is 1.32. The molecule has 0 spiro atoms. The average Bonchev–Trinajstić information content (AvgIpc) is 2.66. The lowest BCUT2D eigenvalue weighted by molar-refractivity contribution is -0.140. The molecule has 0 aliphatic carbocycles.